The van der Waals surface area contributed by atoms with Gasteiger partial charge in [-0.1, -0.05) is 42.1 Å². The number of hydrogen-bond acceptors (Lipinski definition) is 5. The van der Waals surface area contributed by atoms with Gasteiger partial charge in [-0.15, -0.1) is 10.2 Å². The Morgan fingerprint density at radius 3 is 2.57 bits per heavy atom. The molecule has 0 spiro atoms. The summed E-state index contributed by atoms with van der Waals surface area (Å²) in [6.45, 7) is 0.246. The maximum absolute atomic E-state index is 13.2. The summed E-state index contributed by atoms with van der Waals surface area (Å²) in [7, 11) is 1.85. The van der Waals surface area contributed by atoms with E-state index in [1.165, 1.54) is 40.9 Å². The molecule has 0 atom stereocenters. The van der Waals surface area contributed by atoms with Crippen molar-refractivity contribution in [3.8, 4) is 17.5 Å². The molecule has 2 aromatic carbocycles. The summed E-state index contributed by atoms with van der Waals surface area (Å²) >= 11 is 1.27. The van der Waals surface area contributed by atoms with Crippen molar-refractivity contribution in [3.05, 3.63) is 60.4 Å². The second-order valence-electron chi connectivity index (χ2n) is 5.95. The van der Waals surface area contributed by atoms with Gasteiger partial charge in [-0.25, -0.2) is 4.39 Å². The minimum Gasteiger partial charge on any atom is -0.311 e. The number of anilines is 1. The average Bonchev–Trinajstić information content (AvgIpc) is 3.09. The van der Waals surface area contributed by atoms with Crippen LogP contribution in [0.1, 0.15) is 6.42 Å². The highest BCUT2D eigenvalue weighted by Gasteiger charge is 2.18. The van der Waals surface area contributed by atoms with Gasteiger partial charge in [-0.05, 0) is 24.3 Å². The number of halogens is 1. The largest absolute Gasteiger partial charge is 0.311 e. The Labute approximate surface area is 166 Å². The highest BCUT2D eigenvalue weighted by atomic mass is 32.2. The molecule has 1 aromatic heterocycles. The number of amides is 1. The molecule has 0 N–H and O–H groups in total. The molecule has 3 rings (SSSR count). The van der Waals surface area contributed by atoms with Crippen LogP contribution in [0.25, 0.3) is 11.4 Å². The van der Waals surface area contributed by atoms with E-state index in [-0.39, 0.29) is 30.4 Å². The monoisotopic (exact) mass is 395 g/mol. The Balaban J connectivity index is 1.72. The SMILES string of the molecule is Cn1c(SCC(=O)N(CCC#N)c2ccc(F)cc2)nnc1-c1ccccc1. The van der Waals surface area contributed by atoms with Crippen molar-refractivity contribution in [1.82, 2.24) is 14.8 Å². The van der Waals surface area contributed by atoms with Crippen LogP contribution in [0.4, 0.5) is 10.1 Å². The van der Waals surface area contributed by atoms with Crippen molar-refractivity contribution in [3.63, 3.8) is 0 Å². The Morgan fingerprint density at radius 1 is 1.18 bits per heavy atom. The van der Waals surface area contributed by atoms with E-state index in [1.807, 2.05) is 48.0 Å². The fraction of sp³-hybridized carbons (Fsp3) is 0.200. The van der Waals surface area contributed by atoms with E-state index >= 15 is 0 Å². The molecule has 1 amide bonds. The molecule has 0 unspecified atom stereocenters. The van der Waals surface area contributed by atoms with Gasteiger partial charge in [0, 0.05) is 24.8 Å². The summed E-state index contributed by atoms with van der Waals surface area (Å²) in [6, 6.07) is 17.4. The van der Waals surface area contributed by atoms with E-state index in [1.54, 1.807) is 0 Å². The summed E-state index contributed by atoms with van der Waals surface area (Å²) < 4.78 is 15.0. The van der Waals surface area contributed by atoms with Gasteiger partial charge >= 0.3 is 0 Å². The number of thioether (sulfide) groups is 1. The molecule has 28 heavy (non-hydrogen) atoms. The van der Waals surface area contributed by atoms with Crippen LogP contribution in [0.3, 0.4) is 0 Å². The van der Waals surface area contributed by atoms with Crippen LogP contribution >= 0.6 is 11.8 Å². The molecule has 0 bridgehead atoms. The zero-order chi connectivity index (χ0) is 19.9. The van der Waals surface area contributed by atoms with Crippen molar-refractivity contribution in [2.24, 2.45) is 7.05 Å². The molecular weight excluding hydrogens is 377 g/mol. The van der Waals surface area contributed by atoms with Crippen LogP contribution in [0.2, 0.25) is 0 Å². The number of benzene rings is 2. The molecule has 142 valence electrons. The second-order valence-corrected chi connectivity index (χ2v) is 6.89. The third kappa shape index (κ3) is 4.56. The Hall–Kier alpha value is -3.18. The quantitative estimate of drug-likeness (QED) is 0.571. The fourth-order valence-corrected chi connectivity index (χ4v) is 3.45. The van der Waals surface area contributed by atoms with Gasteiger partial charge in [0.25, 0.3) is 0 Å². The molecule has 0 fully saturated rings. The summed E-state index contributed by atoms with van der Waals surface area (Å²) in [4.78, 5) is 14.2. The number of hydrogen-bond donors (Lipinski definition) is 0. The van der Waals surface area contributed by atoms with Crippen molar-refractivity contribution in [1.29, 1.82) is 5.26 Å². The maximum atomic E-state index is 13.2. The van der Waals surface area contributed by atoms with Crippen molar-refractivity contribution in [2.45, 2.75) is 11.6 Å². The van der Waals surface area contributed by atoms with Crippen molar-refractivity contribution >= 4 is 23.4 Å². The van der Waals surface area contributed by atoms with Crippen LogP contribution in [-0.2, 0) is 11.8 Å². The summed E-state index contributed by atoms with van der Waals surface area (Å²) in [6.07, 6.45) is 0.190. The zero-order valence-electron chi connectivity index (χ0n) is 15.2. The number of nitriles is 1. The van der Waals surface area contributed by atoms with E-state index < -0.39 is 0 Å². The molecule has 0 saturated carbocycles. The van der Waals surface area contributed by atoms with Crippen LogP contribution in [0.5, 0.6) is 0 Å². The van der Waals surface area contributed by atoms with Gasteiger partial charge in [0.15, 0.2) is 11.0 Å². The van der Waals surface area contributed by atoms with Gasteiger partial charge in [-0.2, -0.15) is 5.26 Å². The fourth-order valence-electron chi connectivity index (χ4n) is 2.66. The first kappa shape index (κ1) is 19.6. The summed E-state index contributed by atoms with van der Waals surface area (Å²) in [5, 5.41) is 17.9. The summed E-state index contributed by atoms with van der Waals surface area (Å²) in [5.41, 5.74) is 1.50. The van der Waals surface area contributed by atoms with E-state index in [2.05, 4.69) is 10.2 Å². The van der Waals surface area contributed by atoms with Crippen LogP contribution in [0, 0.1) is 17.1 Å². The molecule has 8 heteroatoms. The topological polar surface area (TPSA) is 74.8 Å². The normalized spacial score (nSPS) is 10.5. The number of carbonyl (C=O) groups is 1. The average molecular weight is 395 g/mol. The zero-order valence-corrected chi connectivity index (χ0v) is 16.1. The van der Waals surface area contributed by atoms with E-state index in [0.29, 0.717) is 10.8 Å². The van der Waals surface area contributed by atoms with E-state index in [0.717, 1.165) is 11.4 Å². The van der Waals surface area contributed by atoms with Crippen molar-refractivity contribution < 1.29 is 9.18 Å². The molecular formula is C20H18FN5OS. The van der Waals surface area contributed by atoms with Gasteiger partial charge in [-0.3, -0.25) is 4.79 Å². The highest BCUT2D eigenvalue weighted by Crippen LogP contribution is 2.24. The lowest BCUT2D eigenvalue weighted by Crippen LogP contribution is -2.33. The highest BCUT2D eigenvalue weighted by molar-refractivity contribution is 7.99. The lowest BCUT2D eigenvalue weighted by molar-refractivity contribution is -0.116. The third-order valence-corrected chi connectivity index (χ3v) is 5.08. The molecule has 0 aliphatic rings. The van der Waals surface area contributed by atoms with E-state index in [4.69, 9.17) is 5.26 Å². The number of carbonyl (C=O) groups excluding carboxylic acids is 1. The third-order valence-electron chi connectivity index (χ3n) is 4.08. The molecule has 0 saturated heterocycles. The molecule has 6 nitrogen and oxygen atoms in total. The standard InChI is InChI=1S/C20H18FN5OS/c1-25-19(15-6-3-2-4-7-15)23-24-20(25)28-14-18(27)26(13-5-12-22)17-10-8-16(21)9-11-17/h2-4,6-11H,5,13-14H2,1H3. The molecule has 0 aliphatic heterocycles. The Morgan fingerprint density at radius 2 is 1.89 bits per heavy atom. The molecule has 0 radical (unpaired) electrons. The first-order chi connectivity index (χ1) is 13.6. The molecule has 0 aliphatic carbocycles. The van der Waals surface area contributed by atoms with Gasteiger partial charge in [0.2, 0.25) is 5.91 Å². The predicted octanol–water partition coefficient (Wildman–Crippen LogP) is 3.66. The van der Waals surface area contributed by atoms with Gasteiger partial charge < -0.3 is 9.47 Å². The minimum absolute atomic E-state index is 0.129. The van der Waals surface area contributed by atoms with Crippen LogP contribution in [0.15, 0.2) is 59.8 Å². The van der Waals surface area contributed by atoms with Crippen molar-refractivity contribution in [2.75, 3.05) is 17.2 Å². The number of nitrogens with zero attached hydrogens (tertiary/aromatic N) is 5. The second kappa shape index (κ2) is 9.15. The predicted molar refractivity (Wildman–Crippen MR) is 106 cm³/mol. The first-order valence-electron chi connectivity index (χ1n) is 8.60. The van der Waals surface area contributed by atoms with E-state index in [9.17, 15) is 9.18 Å². The minimum atomic E-state index is -0.377. The number of aromatic nitrogens is 3. The first-order valence-corrected chi connectivity index (χ1v) is 9.59. The lowest BCUT2D eigenvalue weighted by atomic mass is 10.2. The lowest BCUT2D eigenvalue weighted by Gasteiger charge is -2.21. The molecule has 3 aromatic rings. The smallest absolute Gasteiger partial charge is 0.237 e. The maximum Gasteiger partial charge on any atom is 0.237 e. The Bertz CT molecular complexity index is 982. The molecule has 1 heterocycles. The van der Waals surface area contributed by atoms with Crippen LogP contribution < -0.4 is 4.90 Å². The Kier molecular flexibility index (Phi) is 6.40. The van der Waals surface area contributed by atoms with Gasteiger partial charge in [0.1, 0.15) is 5.82 Å². The van der Waals surface area contributed by atoms with Crippen LogP contribution in [-0.4, -0.2) is 33.0 Å². The van der Waals surface area contributed by atoms with Gasteiger partial charge in [0.05, 0.1) is 18.2 Å². The summed E-state index contributed by atoms with van der Waals surface area (Å²) in [5.74, 6) is 0.286. The number of rotatable bonds is 7.